The number of aryl methyl sites for hydroxylation is 1. The molecule has 214 valence electrons. The Bertz CT molecular complexity index is 1370. The molecule has 2 aromatic rings. The Hall–Kier alpha value is -2.84. The zero-order valence-electron chi connectivity index (χ0n) is 22.9. The highest BCUT2D eigenvalue weighted by atomic mass is 35.5. The molecule has 1 unspecified atom stereocenters. The maximum Gasteiger partial charge on any atom is 0.303 e. The molecule has 4 atom stereocenters. The number of benzene rings is 2. The fourth-order valence-electron chi connectivity index (χ4n) is 5.84. The Labute approximate surface area is 243 Å². The molecule has 1 saturated carbocycles. The molecule has 9 heteroatoms. The molecule has 2 aliphatic heterocycles. The van der Waals surface area contributed by atoms with Crippen molar-refractivity contribution >= 4 is 39.8 Å². The Morgan fingerprint density at radius 3 is 2.80 bits per heavy atom. The number of fused-ring (bicyclic) bond motifs is 3. The maximum absolute atomic E-state index is 13.1. The van der Waals surface area contributed by atoms with Crippen molar-refractivity contribution < 1.29 is 23.3 Å². The maximum atomic E-state index is 13.1. The van der Waals surface area contributed by atoms with Crippen LogP contribution in [0.2, 0.25) is 5.02 Å². The van der Waals surface area contributed by atoms with E-state index < -0.39 is 16.5 Å². The summed E-state index contributed by atoms with van der Waals surface area (Å²) < 4.78 is 28.7. The number of thiol groups is 1. The molecular formula is C31H37ClN2O5S. The summed E-state index contributed by atoms with van der Waals surface area (Å²) in [6, 6.07) is 11.5. The van der Waals surface area contributed by atoms with Gasteiger partial charge in [-0.1, -0.05) is 23.7 Å². The number of hydrogen-bond acceptors (Lipinski definition) is 6. The second kappa shape index (κ2) is 13.2. The second-order valence-corrected chi connectivity index (χ2v) is 12.7. The van der Waals surface area contributed by atoms with Gasteiger partial charge in [0.25, 0.3) is 5.91 Å². The summed E-state index contributed by atoms with van der Waals surface area (Å²) in [5.41, 5.74) is 3.62. The van der Waals surface area contributed by atoms with Crippen molar-refractivity contribution in [2.24, 2.45) is 16.2 Å². The van der Waals surface area contributed by atoms with Crippen LogP contribution in [0.1, 0.15) is 66.9 Å². The van der Waals surface area contributed by atoms with E-state index in [1.165, 1.54) is 18.1 Å². The van der Waals surface area contributed by atoms with E-state index in [4.69, 9.17) is 21.1 Å². The summed E-state index contributed by atoms with van der Waals surface area (Å²) in [6.07, 6.45) is 9.77. The number of esters is 1. The van der Waals surface area contributed by atoms with E-state index in [0.29, 0.717) is 49.6 Å². The van der Waals surface area contributed by atoms with Crippen molar-refractivity contribution in [2.45, 2.75) is 64.5 Å². The summed E-state index contributed by atoms with van der Waals surface area (Å²) in [4.78, 5) is 27.3. The monoisotopic (exact) mass is 584 g/mol. The molecule has 1 fully saturated rings. The zero-order chi connectivity index (χ0) is 28.1. The molecule has 0 saturated heterocycles. The lowest BCUT2D eigenvalue weighted by molar-refractivity contribution is -0.149. The fourth-order valence-corrected chi connectivity index (χ4v) is 6.90. The number of rotatable bonds is 1. The van der Waals surface area contributed by atoms with Crippen LogP contribution in [0.4, 0.5) is 5.69 Å². The van der Waals surface area contributed by atoms with Gasteiger partial charge in [0.1, 0.15) is 11.9 Å². The van der Waals surface area contributed by atoms with Gasteiger partial charge in [0, 0.05) is 52.9 Å². The van der Waals surface area contributed by atoms with Crippen LogP contribution in [0, 0.1) is 11.8 Å². The van der Waals surface area contributed by atoms with Crippen LogP contribution in [0.25, 0.3) is 0 Å². The number of amides is 1. The third kappa shape index (κ3) is 7.07. The van der Waals surface area contributed by atoms with Gasteiger partial charge in [0.15, 0.2) is 0 Å². The summed E-state index contributed by atoms with van der Waals surface area (Å²) in [6.45, 7) is 3.33. The Balaban J connectivity index is 1.59. The average molecular weight is 585 g/mol. The van der Waals surface area contributed by atoms with E-state index in [0.717, 1.165) is 42.8 Å². The first kappa shape index (κ1) is 28.7. The van der Waals surface area contributed by atoms with Gasteiger partial charge in [0.05, 0.1) is 12.3 Å². The molecule has 0 radical (unpaired) electrons. The molecule has 2 bridgehead atoms. The van der Waals surface area contributed by atoms with Gasteiger partial charge in [0.2, 0.25) is 0 Å². The van der Waals surface area contributed by atoms with Gasteiger partial charge in [-0.25, -0.2) is 0 Å². The van der Waals surface area contributed by atoms with Gasteiger partial charge in [-0.2, -0.15) is 4.36 Å². The van der Waals surface area contributed by atoms with Crippen LogP contribution in [-0.2, 0) is 33.1 Å². The summed E-state index contributed by atoms with van der Waals surface area (Å²) in [5, 5.41) is 0.719. The molecule has 2 aromatic carbocycles. The van der Waals surface area contributed by atoms with Crippen molar-refractivity contribution in [3.05, 3.63) is 70.3 Å². The van der Waals surface area contributed by atoms with Crippen molar-refractivity contribution in [1.82, 2.24) is 0 Å². The Kier molecular flexibility index (Phi) is 9.48. The first-order chi connectivity index (χ1) is 19.4. The highest BCUT2D eigenvalue weighted by Gasteiger charge is 2.39. The average Bonchev–Trinajstić information content (AvgIpc) is 2.92. The van der Waals surface area contributed by atoms with E-state index in [1.807, 2.05) is 30.4 Å². The third-order valence-corrected chi connectivity index (χ3v) is 9.42. The summed E-state index contributed by atoms with van der Waals surface area (Å²) >= 11 is 6.39. The topological polar surface area (TPSA) is 85.3 Å². The van der Waals surface area contributed by atoms with Gasteiger partial charge in [-0.05, 0) is 98.4 Å². The van der Waals surface area contributed by atoms with Crippen molar-refractivity contribution in [3.8, 4) is 5.75 Å². The van der Waals surface area contributed by atoms with Gasteiger partial charge in [-0.3, -0.25) is 13.8 Å². The smallest absolute Gasteiger partial charge is 0.303 e. The predicted molar refractivity (Wildman–Crippen MR) is 159 cm³/mol. The van der Waals surface area contributed by atoms with Crippen LogP contribution < -0.4 is 9.64 Å². The minimum atomic E-state index is -2.02. The molecule has 1 aliphatic carbocycles. The normalized spacial score (nSPS) is 26.9. The number of carbonyl (C=O) groups excluding carboxylic acids is 2. The minimum Gasteiger partial charge on any atom is -0.491 e. The second-order valence-electron chi connectivity index (χ2n) is 10.9. The summed E-state index contributed by atoms with van der Waals surface area (Å²) in [5.74, 6) is 0.761. The Morgan fingerprint density at radius 1 is 1.12 bits per heavy atom. The number of ether oxygens (including phenoxy) is 2. The van der Waals surface area contributed by atoms with Crippen molar-refractivity contribution in [1.29, 1.82) is 0 Å². The molecular weight excluding hydrogens is 548 g/mol. The first-order valence-corrected chi connectivity index (χ1v) is 16.0. The molecule has 2 heterocycles. The van der Waals surface area contributed by atoms with Gasteiger partial charge < -0.3 is 14.4 Å². The van der Waals surface area contributed by atoms with E-state index >= 15 is 0 Å². The van der Waals surface area contributed by atoms with Crippen molar-refractivity contribution in [3.63, 3.8) is 0 Å². The minimum absolute atomic E-state index is 0.191. The standard InChI is InChI=1S/C31H37ClN2O5S/c1-21(35)39-29-8-3-2-6-16-40(37)33-31(36)23-11-14-30-28(18-23)34(20-25-10-13-27(25)29)19-24-9-12-26(32)17-22(24)7-4-5-15-38-30/h3,8-9,11-12,14,17-18,25,27,29,40H,2,4-7,10,13,15-16,19-20H2,1H3/b8-3+/t25-,27+,29-/m0/s1. The highest BCUT2D eigenvalue weighted by Crippen LogP contribution is 2.42. The van der Waals surface area contributed by atoms with Crippen LogP contribution in [-0.4, -0.2) is 41.1 Å². The number of nitrogens with zero attached hydrogens (tertiary/aromatic N) is 2. The fraction of sp³-hybridized carbons (Fsp3) is 0.484. The Morgan fingerprint density at radius 2 is 2.00 bits per heavy atom. The number of anilines is 1. The van der Waals surface area contributed by atoms with Crippen LogP contribution in [0.15, 0.2) is 52.9 Å². The molecule has 0 aromatic heterocycles. The molecule has 40 heavy (non-hydrogen) atoms. The number of halogens is 1. The van der Waals surface area contributed by atoms with E-state index in [1.54, 1.807) is 6.07 Å². The molecule has 0 N–H and O–H groups in total. The van der Waals surface area contributed by atoms with Gasteiger partial charge >= 0.3 is 5.97 Å². The van der Waals surface area contributed by atoms with Crippen LogP contribution >= 0.6 is 11.6 Å². The molecule has 0 spiro atoms. The quantitative estimate of drug-likeness (QED) is 0.245. The number of allylic oxidation sites excluding steroid dienone is 1. The lowest BCUT2D eigenvalue weighted by atomic mass is 9.70. The lowest BCUT2D eigenvalue weighted by Crippen LogP contribution is -2.44. The summed E-state index contributed by atoms with van der Waals surface area (Å²) in [7, 11) is -2.02. The van der Waals surface area contributed by atoms with Gasteiger partial charge in [-0.15, -0.1) is 0 Å². The lowest BCUT2D eigenvalue weighted by Gasteiger charge is -2.43. The van der Waals surface area contributed by atoms with E-state index in [2.05, 4.69) is 21.4 Å². The van der Waals surface area contributed by atoms with Crippen molar-refractivity contribution in [2.75, 3.05) is 23.8 Å². The zero-order valence-corrected chi connectivity index (χ0v) is 24.5. The SMILES string of the molecule is CC(=O)O[C@H]1/C=C/CCC/[SH](=O)=N\C(=O)c2ccc3c(c2)N(Cc2ccc(Cl)cc2CCCCO3)C[C@@H]2CC[C@H]21. The molecule has 7 nitrogen and oxygen atoms in total. The number of hydrogen-bond donors (Lipinski definition) is 1. The third-order valence-electron chi connectivity index (χ3n) is 8.08. The molecule has 1 amide bonds. The molecule has 5 rings (SSSR count). The number of carbonyl (C=O) groups is 2. The van der Waals surface area contributed by atoms with Crippen LogP contribution in [0.3, 0.4) is 0 Å². The predicted octanol–water partition coefficient (Wildman–Crippen LogP) is 6.17. The highest BCUT2D eigenvalue weighted by molar-refractivity contribution is 7.75. The van der Waals surface area contributed by atoms with E-state index in [-0.39, 0.29) is 23.9 Å². The van der Waals surface area contributed by atoms with Crippen LogP contribution in [0.5, 0.6) is 5.75 Å². The first-order valence-electron chi connectivity index (χ1n) is 14.2. The molecule has 3 aliphatic rings. The van der Waals surface area contributed by atoms with E-state index in [9.17, 15) is 13.8 Å². The largest absolute Gasteiger partial charge is 0.491 e.